The van der Waals surface area contributed by atoms with E-state index in [4.69, 9.17) is 10.2 Å². The molecule has 0 aliphatic rings. The zero-order valence-electron chi connectivity index (χ0n) is 10.2. The van der Waals surface area contributed by atoms with Crippen LogP contribution in [-0.4, -0.2) is 25.0 Å². The first-order valence-corrected chi connectivity index (χ1v) is 5.36. The number of nitrogens with two attached hydrogens (primary N) is 1. The first kappa shape index (κ1) is 12.0. The van der Waals surface area contributed by atoms with Crippen molar-refractivity contribution in [3.63, 3.8) is 0 Å². The van der Waals surface area contributed by atoms with E-state index in [1.165, 1.54) is 6.26 Å². The highest BCUT2D eigenvalue weighted by Gasteiger charge is 2.10. The smallest absolute Gasteiger partial charge is 0.292 e. The van der Waals surface area contributed by atoms with Crippen molar-refractivity contribution in [1.29, 1.82) is 0 Å². The summed E-state index contributed by atoms with van der Waals surface area (Å²) in [5.41, 5.74) is 7.20. The Morgan fingerprint density at radius 3 is 2.50 bits per heavy atom. The summed E-state index contributed by atoms with van der Waals surface area (Å²) in [6, 6.07) is 7.43. The standard InChI is InChI=1S/C12H14N4O2/c1-16(2)9-5-3-8(4-6-9)14-11(17)10-7-18-12(13)15-10/h3-7H,1-2H3,(H2,13,15)(H,14,17). The molecule has 0 aliphatic heterocycles. The van der Waals surface area contributed by atoms with Crippen LogP contribution in [0.2, 0.25) is 0 Å². The van der Waals surface area contributed by atoms with Gasteiger partial charge in [-0.1, -0.05) is 0 Å². The van der Waals surface area contributed by atoms with Crippen molar-refractivity contribution in [2.45, 2.75) is 0 Å². The summed E-state index contributed by atoms with van der Waals surface area (Å²) < 4.78 is 4.77. The molecule has 1 aromatic carbocycles. The van der Waals surface area contributed by atoms with E-state index >= 15 is 0 Å². The van der Waals surface area contributed by atoms with Crippen LogP contribution in [0.1, 0.15) is 10.5 Å². The van der Waals surface area contributed by atoms with Crippen LogP contribution in [-0.2, 0) is 0 Å². The average Bonchev–Trinajstić information content (AvgIpc) is 2.76. The highest BCUT2D eigenvalue weighted by Crippen LogP contribution is 2.16. The fourth-order valence-electron chi connectivity index (χ4n) is 1.43. The molecule has 0 saturated heterocycles. The quantitative estimate of drug-likeness (QED) is 0.858. The van der Waals surface area contributed by atoms with Gasteiger partial charge < -0.3 is 20.4 Å². The van der Waals surface area contributed by atoms with Gasteiger partial charge in [0.2, 0.25) is 0 Å². The van der Waals surface area contributed by atoms with Gasteiger partial charge in [0.15, 0.2) is 5.69 Å². The Morgan fingerprint density at radius 1 is 1.33 bits per heavy atom. The Balaban J connectivity index is 2.07. The molecule has 6 nitrogen and oxygen atoms in total. The van der Waals surface area contributed by atoms with Crippen molar-refractivity contribution in [2.24, 2.45) is 0 Å². The third-order valence-electron chi connectivity index (χ3n) is 2.40. The first-order chi connectivity index (χ1) is 8.56. The van der Waals surface area contributed by atoms with Gasteiger partial charge in [-0.25, -0.2) is 0 Å². The number of hydrogen-bond acceptors (Lipinski definition) is 5. The summed E-state index contributed by atoms with van der Waals surface area (Å²) in [7, 11) is 3.90. The molecule has 2 rings (SSSR count). The van der Waals surface area contributed by atoms with E-state index in [9.17, 15) is 4.79 Å². The fourth-order valence-corrected chi connectivity index (χ4v) is 1.43. The van der Waals surface area contributed by atoms with Gasteiger partial charge >= 0.3 is 0 Å². The molecule has 0 atom stereocenters. The summed E-state index contributed by atoms with van der Waals surface area (Å²) in [5, 5.41) is 2.70. The van der Waals surface area contributed by atoms with E-state index in [1.807, 2.05) is 43.3 Å². The van der Waals surface area contributed by atoms with Crippen LogP contribution >= 0.6 is 0 Å². The molecule has 2 aromatic rings. The maximum absolute atomic E-state index is 11.7. The number of anilines is 3. The maximum Gasteiger partial charge on any atom is 0.292 e. The molecular weight excluding hydrogens is 232 g/mol. The van der Waals surface area contributed by atoms with Gasteiger partial charge in [-0.15, -0.1) is 0 Å². The zero-order valence-corrected chi connectivity index (χ0v) is 10.2. The molecule has 18 heavy (non-hydrogen) atoms. The van der Waals surface area contributed by atoms with Crippen LogP contribution in [0.15, 0.2) is 34.9 Å². The largest absolute Gasteiger partial charge is 0.431 e. The molecule has 1 aromatic heterocycles. The van der Waals surface area contributed by atoms with E-state index in [0.29, 0.717) is 5.69 Å². The molecular formula is C12H14N4O2. The molecule has 6 heteroatoms. The molecule has 3 N–H and O–H groups in total. The number of nitrogen functional groups attached to an aromatic ring is 1. The van der Waals surface area contributed by atoms with Crippen LogP contribution in [0.25, 0.3) is 0 Å². The normalized spacial score (nSPS) is 10.1. The predicted molar refractivity (Wildman–Crippen MR) is 69.6 cm³/mol. The Kier molecular flexibility index (Phi) is 3.18. The van der Waals surface area contributed by atoms with Gasteiger partial charge in [-0.05, 0) is 24.3 Å². The minimum Gasteiger partial charge on any atom is -0.431 e. The highest BCUT2D eigenvalue weighted by molar-refractivity contribution is 6.02. The molecule has 0 bridgehead atoms. The number of hydrogen-bond donors (Lipinski definition) is 2. The minimum atomic E-state index is -0.354. The van der Waals surface area contributed by atoms with Gasteiger partial charge in [0.25, 0.3) is 11.9 Å². The summed E-state index contributed by atoms with van der Waals surface area (Å²) in [4.78, 5) is 17.5. The number of nitrogens with zero attached hydrogens (tertiary/aromatic N) is 2. The van der Waals surface area contributed by atoms with E-state index < -0.39 is 0 Å². The highest BCUT2D eigenvalue weighted by atomic mass is 16.4. The molecule has 94 valence electrons. The van der Waals surface area contributed by atoms with Gasteiger partial charge in [0.1, 0.15) is 6.26 Å². The number of rotatable bonds is 3. The average molecular weight is 246 g/mol. The molecule has 0 radical (unpaired) electrons. The lowest BCUT2D eigenvalue weighted by molar-refractivity contribution is 0.102. The van der Waals surface area contributed by atoms with Gasteiger partial charge in [0.05, 0.1) is 0 Å². The van der Waals surface area contributed by atoms with Crippen LogP contribution in [0.3, 0.4) is 0 Å². The lowest BCUT2D eigenvalue weighted by atomic mass is 10.2. The van der Waals surface area contributed by atoms with E-state index in [1.54, 1.807) is 0 Å². The fraction of sp³-hybridized carbons (Fsp3) is 0.167. The number of amides is 1. The second-order valence-electron chi connectivity index (χ2n) is 3.97. The molecule has 0 spiro atoms. The Hall–Kier alpha value is -2.50. The van der Waals surface area contributed by atoms with Crippen molar-refractivity contribution in [3.05, 3.63) is 36.2 Å². The molecule has 0 unspecified atom stereocenters. The number of oxazole rings is 1. The number of benzene rings is 1. The van der Waals surface area contributed by atoms with Crippen LogP contribution < -0.4 is 16.0 Å². The second kappa shape index (κ2) is 4.79. The van der Waals surface area contributed by atoms with Crippen LogP contribution in [0, 0.1) is 0 Å². The van der Waals surface area contributed by atoms with Gasteiger partial charge in [-0.3, -0.25) is 4.79 Å². The summed E-state index contributed by atoms with van der Waals surface area (Å²) >= 11 is 0. The van der Waals surface area contributed by atoms with Crippen molar-refractivity contribution in [3.8, 4) is 0 Å². The van der Waals surface area contributed by atoms with Crippen molar-refractivity contribution in [1.82, 2.24) is 4.98 Å². The molecule has 1 amide bonds. The third kappa shape index (κ3) is 2.60. The lowest BCUT2D eigenvalue weighted by Crippen LogP contribution is -2.13. The minimum absolute atomic E-state index is 0.0249. The van der Waals surface area contributed by atoms with Crippen LogP contribution in [0.5, 0.6) is 0 Å². The zero-order chi connectivity index (χ0) is 13.1. The Labute approximate surface area is 104 Å². The monoisotopic (exact) mass is 246 g/mol. The molecule has 1 heterocycles. The number of aromatic nitrogens is 1. The second-order valence-corrected chi connectivity index (χ2v) is 3.97. The molecule has 0 saturated carbocycles. The topological polar surface area (TPSA) is 84.4 Å². The van der Waals surface area contributed by atoms with Gasteiger partial charge in [0, 0.05) is 25.5 Å². The SMILES string of the molecule is CN(C)c1ccc(NC(=O)c2coc(N)n2)cc1. The number of carbonyl (C=O) groups is 1. The number of carbonyl (C=O) groups excluding carboxylic acids is 1. The Morgan fingerprint density at radius 2 is 2.00 bits per heavy atom. The lowest BCUT2D eigenvalue weighted by Gasteiger charge is -2.12. The summed E-state index contributed by atoms with van der Waals surface area (Å²) in [6.45, 7) is 0. The van der Waals surface area contributed by atoms with Crippen molar-refractivity contribution in [2.75, 3.05) is 30.0 Å². The summed E-state index contributed by atoms with van der Waals surface area (Å²) in [5.74, 6) is -0.354. The van der Waals surface area contributed by atoms with Gasteiger partial charge in [-0.2, -0.15) is 4.98 Å². The first-order valence-electron chi connectivity index (χ1n) is 5.36. The van der Waals surface area contributed by atoms with E-state index in [-0.39, 0.29) is 17.6 Å². The van der Waals surface area contributed by atoms with Crippen LogP contribution in [0.4, 0.5) is 17.4 Å². The number of nitrogens with one attached hydrogen (secondary N) is 1. The summed E-state index contributed by atoms with van der Waals surface area (Å²) in [6.07, 6.45) is 1.22. The third-order valence-corrected chi connectivity index (χ3v) is 2.40. The molecule has 0 aliphatic carbocycles. The van der Waals surface area contributed by atoms with Crippen molar-refractivity contribution < 1.29 is 9.21 Å². The van der Waals surface area contributed by atoms with E-state index in [2.05, 4.69) is 10.3 Å². The van der Waals surface area contributed by atoms with Crippen molar-refractivity contribution >= 4 is 23.3 Å². The Bertz CT molecular complexity index is 545. The van der Waals surface area contributed by atoms with E-state index in [0.717, 1.165) is 5.69 Å². The maximum atomic E-state index is 11.7. The predicted octanol–water partition coefficient (Wildman–Crippen LogP) is 1.58. The molecule has 0 fully saturated rings.